The summed E-state index contributed by atoms with van der Waals surface area (Å²) in [6.45, 7) is 0.404. The van der Waals surface area contributed by atoms with Crippen molar-refractivity contribution in [1.29, 1.82) is 0 Å². The summed E-state index contributed by atoms with van der Waals surface area (Å²) >= 11 is 7.16. The maximum absolute atomic E-state index is 13.0. The number of hydrogen-bond acceptors (Lipinski definition) is 5. The molecule has 6 nitrogen and oxygen atoms in total. The first-order valence-electron chi connectivity index (χ1n) is 8.98. The third kappa shape index (κ3) is 4.35. The fourth-order valence-corrected chi connectivity index (χ4v) is 6.31. The minimum Gasteiger partial charge on any atom is -0.317 e. The van der Waals surface area contributed by atoms with Gasteiger partial charge in [-0.15, -0.1) is 11.3 Å². The first kappa shape index (κ1) is 20.0. The normalized spacial score (nSPS) is 16.2. The van der Waals surface area contributed by atoms with Crippen LogP contribution in [0.25, 0.3) is 10.1 Å². The van der Waals surface area contributed by atoms with Crippen molar-refractivity contribution in [3.63, 3.8) is 0 Å². The van der Waals surface area contributed by atoms with Crippen molar-refractivity contribution in [2.75, 3.05) is 19.6 Å². The topological polar surface area (TPSA) is 70.6 Å². The second-order valence-electron chi connectivity index (χ2n) is 6.62. The molecule has 150 valence electrons. The summed E-state index contributed by atoms with van der Waals surface area (Å²) in [5, 5.41) is 1.38. The Morgan fingerprint density at radius 3 is 2.69 bits per heavy atom. The third-order valence-corrected chi connectivity index (χ3v) is 8.29. The van der Waals surface area contributed by atoms with Gasteiger partial charge in [-0.1, -0.05) is 23.7 Å². The van der Waals surface area contributed by atoms with E-state index in [1.165, 1.54) is 15.6 Å². The summed E-state index contributed by atoms with van der Waals surface area (Å²) in [5.41, 5.74) is 1.09. The minimum absolute atomic E-state index is 0.170. The zero-order valence-electron chi connectivity index (χ0n) is 15.4. The molecule has 0 aliphatic carbocycles. The Kier molecular flexibility index (Phi) is 5.69. The van der Waals surface area contributed by atoms with E-state index in [0.29, 0.717) is 18.0 Å². The molecule has 1 fully saturated rings. The van der Waals surface area contributed by atoms with Crippen LogP contribution in [-0.2, 0) is 21.2 Å². The smallest absolute Gasteiger partial charge is 0.253 e. The van der Waals surface area contributed by atoms with Crippen LogP contribution in [0, 0.1) is 0 Å². The van der Waals surface area contributed by atoms with Crippen LogP contribution in [0.15, 0.2) is 65.3 Å². The Morgan fingerprint density at radius 1 is 1.14 bits per heavy atom. The number of thiophene rings is 1. The Balaban J connectivity index is 1.44. The number of nitrogens with zero attached hydrogens (tertiary/aromatic N) is 3. The van der Waals surface area contributed by atoms with Crippen LogP contribution < -0.4 is 0 Å². The van der Waals surface area contributed by atoms with Crippen molar-refractivity contribution in [2.45, 2.75) is 10.6 Å². The van der Waals surface area contributed by atoms with Gasteiger partial charge in [0.25, 0.3) is 10.0 Å². The molecule has 3 aromatic rings. The fraction of sp³-hybridized carbons (Fsp3) is 0.200. The van der Waals surface area contributed by atoms with E-state index < -0.39 is 10.0 Å². The van der Waals surface area contributed by atoms with E-state index in [1.807, 2.05) is 18.2 Å². The SMILES string of the molecule is O=C1CN(S(=O)(=O)c2cc3ccc(Cl)cc3s2)CCN1C=CCc1ccncc1. The van der Waals surface area contributed by atoms with Gasteiger partial charge in [-0.2, -0.15) is 4.31 Å². The lowest BCUT2D eigenvalue weighted by atomic mass is 10.2. The summed E-state index contributed by atoms with van der Waals surface area (Å²) in [6.07, 6.45) is 7.75. The van der Waals surface area contributed by atoms with Gasteiger partial charge in [0.05, 0.1) is 6.54 Å². The molecule has 0 spiro atoms. The van der Waals surface area contributed by atoms with E-state index in [0.717, 1.165) is 15.6 Å². The lowest BCUT2D eigenvalue weighted by molar-refractivity contribution is -0.131. The quantitative estimate of drug-likeness (QED) is 0.599. The molecule has 3 heterocycles. The number of pyridine rings is 1. The average molecular weight is 448 g/mol. The van der Waals surface area contributed by atoms with E-state index in [-0.39, 0.29) is 23.2 Å². The number of halogens is 1. The molecule has 9 heteroatoms. The average Bonchev–Trinajstić information content (AvgIpc) is 3.14. The standard InChI is InChI=1S/C20H18ClN3O3S2/c21-17-4-3-16-12-20(28-18(16)13-17)29(26,27)24-11-10-23(19(25)14-24)9-1-2-15-5-7-22-8-6-15/h1,3-9,12-13H,2,10-11,14H2. The molecule has 2 aromatic heterocycles. The van der Waals surface area contributed by atoms with Crippen molar-refractivity contribution in [3.8, 4) is 0 Å². The predicted molar refractivity (Wildman–Crippen MR) is 114 cm³/mol. The predicted octanol–water partition coefficient (Wildman–Crippen LogP) is 3.54. The molecule has 1 amide bonds. The Hall–Kier alpha value is -2.26. The maximum atomic E-state index is 13.0. The molecule has 0 radical (unpaired) electrons. The highest BCUT2D eigenvalue weighted by Gasteiger charge is 2.33. The number of carbonyl (C=O) groups excluding carboxylic acids is 1. The van der Waals surface area contributed by atoms with E-state index >= 15 is 0 Å². The van der Waals surface area contributed by atoms with Crippen LogP contribution in [0.4, 0.5) is 0 Å². The monoisotopic (exact) mass is 447 g/mol. The van der Waals surface area contributed by atoms with Crippen LogP contribution in [-0.4, -0.2) is 48.1 Å². The molecule has 0 atom stereocenters. The molecule has 0 unspecified atom stereocenters. The number of allylic oxidation sites excluding steroid dienone is 1. The Labute approximate surface area is 178 Å². The van der Waals surface area contributed by atoms with E-state index in [4.69, 9.17) is 11.6 Å². The van der Waals surface area contributed by atoms with Crippen LogP contribution in [0.3, 0.4) is 0 Å². The summed E-state index contributed by atoms with van der Waals surface area (Å²) < 4.78 is 28.3. The van der Waals surface area contributed by atoms with Crippen molar-refractivity contribution in [1.82, 2.24) is 14.2 Å². The van der Waals surface area contributed by atoms with E-state index in [9.17, 15) is 13.2 Å². The maximum Gasteiger partial charge on any atom is 0.253 e. The number of sulfonamides is 1. The highest BCUT2D eigenvalue weighted by molar-refractivity contribution is 7.91. The Bertz CT molecular complexity index is 1180. The third-order valence-electron chi connectivity index (χ3n) is 4.66. The highest BCUT2D eigenvalue weighted by Crippen LogP contribution is 2.33. The van der Waals surface area contributed by atoms with E-state index in [1.54, 1.807) is 47.8 Å². The van der Waals surface area contributed by atoms with Crippen molar-refractivity contribution < 1.29 is 13.2 Å². The number of hydrogen-bond donors (Lipinski definition) is 0. The number of rotatable bonds is 5. The number of piperazine rings is 1. The zero-order valence-corrected chi connectivity index (χ0v) is 17.8. The first-order valence-corrected chi connectivity index (χ1v) is 11.6. The summed E-state index contributed by atoms with van der Waals surface area (Å²) in [5.74, 6) is -0.241. The molecule has 1 aliphatic heterocycles. The second-order valence-corrected chi connectivity index (χ2v) is 10.3. The van der Waals surface area contributed by atoms with Crippen LogP contribution in [0.1, 0.15) is 5.56 Å². The van der Waals surface area contributed by atoms with Gasteiger partial charge in [-0.3, -0.25) is 9.78 Å². The van der Waals surface area contributed by atoms with Crippen molar-refractivity contribution in [3.05, 3.63) is 71.7 Å². The van der Waals surface area contributed by atoms with Crippen LogP contribution >= 0.6 is 22.9 Å². The molecule has 1 saturated heterocycles. The van der Waals surface area contributed by atoms with Crippen molar-refractivity contribution in [2.24, 2.45) is 0 Å². The first-order chi connectivity index (χ1) is 13.9. The number of amides is 1. The fourth-order valence-electron chi connectivity index (χ4n) is 3.10. The van der Waals surface area contributed by atoms with Gasteiger partial charge in [0.2, 0.25) is 5.91 Å². The van der Waals surface area contributed by atoms with Gasteiger partial charge in [-0.25, -0.2) is 8.42 Å². The molecular weight excluding hydrogens is 430 g/mol. The second kappa shape index (κ2) is 8.23. The molecule has 0 N–H and O–H groups in total. The van der Waals surface area contributed by atoms with Gasteiger partial charge < -0.3 is 4.90 Å². The molecule has 0 saturated carbocycles. The number of fused-ring (bicyclic) bond motifs is 1. The van der Waals surface area contributed by atoms with Crippen LogP contribution in [0.2, 0.25) is 5.02 Å². The van der Waals surface area contributed by atoms with Gasteiger partial charge in [0.15, 0.2) is 0 Å². The molecule has 1 aliphatic rings. The largest absolute Gasteiger partial charge is 0.317 e. The molecule has 4 rings (SSSR count). The lowest BCUT2D eigenvalue weighted by Gasteiger charge is -2.31. The van der Waals surface area contributed by atoms with E-state index in [2.05, 4.69) is 4.98 Å². The number of benzene rings is 1. The molecule has 0 bridgehead atoms. The van der Waals surface area contributed by atoms with Crippen LogP contribution in [0.5, 0.6) is 0 Å². The number of aromatic nitrogens is 1. The zero-order chi connectivity index (χ0) is 20.4. The van der Waals surface area contributed by atoms with Gasteiger partial charge >= 0.3 is 0 Å². The minimum atomic E-state index is -3.73. The molecular formula is C20H18ClN3O3S2. The van der Waals surface area contributed by atoms with Gasteiger partial charge in [0, 0.05) is 41.4 Å². The molecule has 29 heavy (non-hydrogen) atoms. The lowest BCUT2D eigenvalue weighted by Crippen LogP contribution is -2.50. The van der Waals surface area contributed by atoms with Crippen molar-refractivity contribution >= 4 is 49.0 Å². The number of carbonyl (C=O) groups is 1. The summed E-state index contributed by atoms with van der Waals surface area (Å²) in [6, 6.07) is 10.7. The summed E-state index contributed by atoms with van der Waals surface area (Å²) in [7, 11) is -3.73. The van der Waals surface area contributed by atoms with Gasteiger partial charge in [0.1, 0.15) is 4.21 Å². The van der Waals surface area contributed by atoms with Gasteiger partial charge in [-0.05, 0) is 47.7 Å². The molecule has 1 aromatic carbocycles. The Morgan fingerprint density at radius 2 is 1.93 bits per heavy atom. The summed E-state index contributed by atoms with van der Waals surface area (Å²) in [4.78, 5) is 18.0. The highest BCUT2D eigenvalue weighted by atomic mass is 35.5.